The topological polar surface area (TPSA) is 278 Å². The Labute approximate surface area is 225 Å². The van der Waals surface area contributed by atoms with Crippen LogP contribution in [-0.4, -0.2) is 66.9 Å². The van der Waals surface area contributed by atoms with Crippen LogP contribution in [0.3, 0.4) is 0 Å². The predicted molar refractivity (Wildman–Crippen MR) is 128 cm³/mol. The molecule has 9 atom stereocenters. The van der Waals surface area contributed by atoms with Gasteiger partial charge in [-0.2, -0.15) is 12.9 Å². The van der Waals surface area contributed by atoms with Crippen LogP contribution in [0, 0.1) is 0 Å². The standard InChI is InChI=1S/C16H28N2O18P4/c1-3-5-6-12-32-13-10(31-15(14(13)33-12)18-8-7-11(19)17-16(18)20)9-30-38(23,24)35-40(27,28)36-39(25,26)34-37(21,22)29-4-2/h7-8,10,12-15H,3-6,9H2,1-2H3,(H,21,22)(H,23,24)(H,25,26)(H,27,28)(H,17,19,20). The van der Waals surface area contributed by atoms with Crippen LogP contribution in [0.4, 0.5) is 0 Å². The molecule has 0 saturated carbocycles. The molecular formula is C16H28N2O18P4. The van der Waals surface area contributed by atoms with Crippen LogP contribution in [0.5, 0.6) is 0 Å². The van der Waals surface area contributed by atoms with Gasteiger partial charge in [0.25, 0.3) is 5.56 Å². The van der Waals surface area contributed by atoms with E-state index in [0.717, 1.165) is 29.7 Å². The van der Waals surface area contributed by atoms with Crippen molar-refractivity contribution in [2.75, 3.05) is 13.2 Å². The van der Waals surface area contributed by atoms with E-state index < -0.39 is 86.6 Å². The summed E-state index contributed by atoms with van der Waals surface area (Å²) in [5, 5.41) is 0. The lowest BCUT2D eigenvalue weighted by atomic mass is 10.1. The van der Waals surface area contributed by atoms with Crippen LogP contribution in [-0.2, 0) is 54.5 Å². The minimum Gasteiger partial charge on any atom is -0.346 e. The van der Waals surface area contributed by atoms with Crippen LogP contribution in [0.25, 0.3) is 0 Å². The fourth-order valence-corrected chi connectivity index (χ4v) is 8.63. The van der Waals surface area contributed by atoms with Gasteiger partial charge < -0.3 is 33.8 Å². The second-order valence-corrected chi connectivity index (χ2v) is 14.4. The van der Waals surface area contributed by atoms with Gasteiger partial charge in [-0.1, -0.05) is 13.3 Å². The molecule has 0 aliphatic carbocycles. The summed E-state index contributed by atoms with van der Waals surface area (Å²) in [4.78, 5) is 64.1. The van der Waals surface area contributed by atoms with Crippen molar-refractivity contribution in [3.05, 3.63) is 33.1 Å². The zero-order chi connectivity index (χ0) is 29.9. The van der Waals surface area contributed by atoms with Crippen molar-refractivity contribution in [2.24, 2.45) is 0 Å². The Balaban J connectivity index is 1.70. The molecule has 0 radical (unpaired) electrons. The molecule has 230 valence electrons. The maximum Gasteiger partial charge on any atom is 0.490 e. The molecule has 0 spiro atoms. The number of hydrogen-bond acceptors (Lipinski definition) is 14. The molecule has 40 heavy (non-hydrogen) atoms. The summed E-state index contributed by atoms with van der Waals surface area (Å²) in [6.07, 6.45) is -1.94. The first kappa shape index (κ1) is 33.6. The lowest BCUT2D eigenvalue weighted by Gasteiger charge is -2.22. The fourth-order valence-electron chi connectivity index (χ4n) is 3.69. The average Bonchev–Trinajstić information content (AvgIpc) is 3.33. The summed E-state index contributed by atoms with van der Waals surface area (Å²) < 4.78 is 86.3. The van der Waals surface area contributed by atoms with Crippen LogP contribution >= 0.6 is 31.3 Å². The number of phosphoric acid groups is 4. The maximum atomic E-state index is 12.3. The summed E-state index contributed by atoms with van der Waals surface area (Å²) in [5.41, 5.74) is -1.52. The summed E-state index contributed by atoms with van der Waals surface area (Å²) in [5.74, 6) is 0. The maximum absolute atomic E-state index is 12.3. The van der Waals surface area contributed by atoms with Gasteiger partial charge in [-0.05, 0) is 19.8 Å². The van der Waals surface area contributed by atoms with E-state index in [9.17, 15) is 47.4 Å². The molecule has 0 amide bonds. The summed E-state index contributed by atoms with van der Waals surface area (Å²) in [6.45, 7) is 1.83. The van der Waals surface area contributed by atoms with Gasteiger partial charge in [0, 0.05) is 12.3 Å². The number of nitrogens with one attached hydrogen (secondary N) is 1. The van der Waals surface area contributed by atoms with Crippen LogP contribution < -0.4 is 11.2 Å². The van der Waals surface area contributed by atoms with Crippen molar-refractivity contribution in [3.63, 3.8) is 0 Å². The molecule has 2 fully saturated rings. The summed E-state index contributed by atoms with van der Waals surface area (Å²) >= 11 is 0. The monoisotopic (exact) mass is 660 g/mol. The Morgan fingerprint density at radius 1 is 0.875 bits per heavy atom. The Hall–Kier alpha value is -0.880. The summed E-state index contributed by atoms with van der Waals surface area (Å²) in [7, 11) is -22.6. The molecule has 20 nitrogen and oxygen atoms in total. The van der Waals surface area contributed by atoms with Gasteiger partial charge in [0.15, 0.2) is 12.5 Å². The lowest BCUT2D eigenvalue weighted by molar-refractivity contribution is -0.153. The van der Waals surface area contributed by atoms with Gasteiger partial charge in [0.05, 0.1) is 13.2 Å². The molecule has 2 saturated heterocycles. The number of aromatic amines is 1. The minimum atomic E-state index is -5.96. The van der Waals surface area contributed by atoms with E-state index >= 15 is 0 Å². The smallest absolute Gasteiger partial charge is 0.346 e. The van der Waals surface area contributed by atoms with Crippen LogP contribution in [0.1, 0.15) is 39.3 Å². The average molecular weight is 660 g/mol. The minimum absolute atomic E-state index is 0.461. The number of aromatic nitrogens is 2. The van der Waals surface area contributed by atoms with E-state index in [-0.39, 0.29) is 0 Å². The molecule has 3 rings (SSSR count). The predicted octanol–water partition coefficient (Wildman–Crippen LogP) is 1.24. The highest BCUT2D eigenvalue weighted by molar-refractivity contribution is 7.69. The fraction of sp³-hybridized carbons (Fsp3) is 0.750. The first-order chi connectivity index (χ1) is 18.5. The van der Waals surface area contributed by atoms with E-state index in [1.54, 1.807) is 0 Å². The molecule has 24 heteroatoms. The Morgan fingerprint density at radius 3 is 2.02 bits per heavy atom. The Kier molecular flexibility index (Phi) is 11.1. The molecule has 1 aromatic heterocycles. The summed E-state index contributed by atoms with van der Waals surface area (Å²) in [6, 6.07) is 1.05. The van der Waals surface area contributed by atoms with Crippen molar-refractivity contribution in [2.45, 2.75) is 63.9 Å². The van der Waals surface area contributed by atoms with Crippen LogP contribution in [0.15, 0.2) is 21.9 Å². The van der Waals surface area contributed by atoms with Crippen LogP contribution in [0.2, 0.25) is 0 Å². The van der Waals surface area contributed by atoms with E-state index in [0.29, 0.717) is 6.42 Å². The molecule has 2 aliphatic heterocycles. The third-order valence-corrected chi connectivity index (χ3v) is 11.1. The van der Waals surface area contributed by atoms with Gasteiger partial charge >= 0.3 is 37.0 Å². The van der Waals surface area contributed by atoms with E-state index in [2.05, 4.69) is 17.5 Å². The van der Waals surface area contributed by atoms with E-state index in [1.165, 1.54) is 6.92 Å². The van der Waals surface area contributed by atoms with Crippen molar-refractivity contribution in [3.8, 4) is 0 Å². The first-order valence-electron chi connectivity index (χ1n) is 11.5. The Morgan fingerprint density at radius 2 is 1.45 bits per heavy atom. The lowest BCUT2D eigenvalue weighted by Crippen LogP contribution is -2.36. The molecule has 9 unspecified atom stereocenters. The number of fused-ring (bicyclic) bond motifs is 1. The first-order valence-corrected chi connectivity index (χ1v) is 17.5. The number of H-pyrrole nitrogens is 1. The highest BCUT2D eigenvalue weighted by Crippen LogP contribution is 2.71. The number of rotatable bonds is 15. The SMILES string of the molecule is CCCCC1OC2C(COP(=O)(O)OP(=O)(O)OP(=O)(O)OP(=O)(O)OCC)OC(n3ccc(=O)[nH]c3=O)C2O1. The molecule has 1 aromatic rings. The number of hydrogen-bond donors (Lipinski definition) is 5. The number of ether oxygens (including phenoxy) is 3. The molecular weight excluding hydrogens is 632 g/mol. The molecule has 0 bridgehead atoms. The van der Waals surface area contributed by atoms with Crippen molar-refractivity contribution in [1.82, 2.24) is 9.55 Å². The largest absolute Gasteiger partial charge is 0.490 e. The number of phosphoric ester groups is 2. The molecule has 3 heterocycles. The van der Waals surface area contributed by atoms with Gasteiger partial charge in [-0.15, -0.1) is 0 Å². The zero-order valence-corrected chi connectivity index (χ0v) is 24.4. The van der Waals surface area contributed by atoms with Gasteiger partial charge in [-0.3, -0.25) is 23.4 Å². The van der Waals surface area contributed by atoms with Crippen molar-refractivity contribution in [1.29, 1.82) is 0 Å². The van der Waals surface area contributed by atoms with Gasteiger partial charge in [0.1, 0.15) is 18.3 Å². The zero-order valence-electron chi connectivity index (χ0n) is 20.8. The second-order valence-electron chi connectivity index (χ2n) is 8.19. The quantitative estimate of drug-likeness (QED) is 0.165. The van der Waals surface area contributed by atoms with Crippen molar-refractivity contribution >= 4 is 31.3 Å². The highest BCUT2D eigenvalue weighted by atomic mass is 31.3. The van der Waals surface area contributed by atoms with Gasteiger partial charge in [0.2, 0.25) is 0 Å². The molecule has 0 aromatic carbocycles. The van der Waals surface area contributed by atoms with E-state index in [1.807, 2.05) is 11.9 Å². The number of unbranched alkanes of at least 4 members (excludes halogenated alkanes) is 1. The van der Waals surface area contributed by atoms with Gasteiger partial charge in [-0.25, -0.2) is 23.1 Å². The number of nitrogens with zero attached hydrogens (tertiary/aromatic N) is 1. The van der Waals surface area contributed by atoms with Crippen molar-refractivity contribution < 1.29 is 74.0 Å². The normalized spacial score (nSPS) is 30.6. The Bertz CT molecular complexity index is 1350. The highest BCUT2D eigenvalue weighted by Gasteiger charge is 2.54. The third kappa shape index (κ3) is 9.31. The molecule has 2 aliphatic rings. The molecule has 5 N–H and O–H groups in total. The third-order valence-electron chi connectivity index (χ3n) is 5.14. The second kappa shape index (κ2) is 13.2. The van der Waals surface area contributed by atoms with E-state index in [4.69, 9.17) is 18.7 Å².